The van der Waals surface area contributed by atoms with Gasteiger partial charge in [-0.25, -0.2) is 4.98 Å². The van der Waals surface area contributed by atoms with Gasteiger partial charge in [0.05, 0.1) is 11.9 Å². The maximum Gasteiger partial charge on any atom is 0.269 e. The summed E-state index contributed by atoms with van der Waals surface area (Å²) < 4.78 is 0. The lowest BCUT2D eigenvalue weighted by Gasteiger charge is -2.20. The molecular weight excluding hydrogens is 264 g/mol. The number of carbonyl (C=O) groups excluding carboxylic acids is 1. The van der Waals surface area contributed by atoms with Crippen LogP contribution >= 0.6 is 0 Å². The molecule has 1 saturated heterocycles. The number of nitrogens with zero attached hydrogens (tertiary/aromatic N) is 2. The topological polar surface area (TPSA) is 57.3 Å². The minimum Gasteiger partial charge on any atom is -0.384 e. The van der Waals surface area contributed by atoms with Gasteiger partial charge in [-0.2, -0.15) is 0 Å². The predicted octanol–water partition coefficient (Wildman–Crippen LogP) is 1.98. The fourth-order valence-corrected chi connectivity index (χ4v) is 2.66. The number of anilines is 1. The van der Waals surface area contributed by atoms with Gasteiger partial charge in [0.2, 0.25) is 0 Å². The van der Waals surface area contributed by atoms with E-state index in [1.807, 2.05) is 13.0 Å². The Hall–Kier alpha value is -1.62. The lowest BCUT2D eigenvalue weighted by molar-refractivity contribution is 0.0940. The van der Waals surface area contributed by atoms with Crippen molar-refractivity contribution < 1.29 is 4.79 Å². The number of amides is 1. The molecule has 1 atom stereocenters. The summed E-state index contributed by atoms with van der Waals surface area (Å²) in [7, 11) is 0. The van der Waals surface area contributed by atoms with Crippen LogP contribution in [0.15, 0.2) is 18.3 Å². The van der Waals surface area contributed by atoms with E-state index in [1.54, 1.807) is 12.3 Å². The molecule has 1 aromatic heterocycles. The Bertz CT molecular complexity index is 440. The third kappa shape index (κ3) is 5.01. The minimum absolute atomic E-state index is 0.0914. The van der Waals surface area contributed by atoms with Crippen LogP contribution in [0, 0.1) is 5.92 Å². The number of pyridine rings is 1. The molecule has 21 heavy (non-hydrogen) atoms. The molecule has 2 N–H and O–H groups in total. The third-order valence-electron chi connectivity index (χ3n) is 3.76. The normalized spacial score (nSPS) is 16.7. The van der Waals surface area contributed by atoms with Crippen molar-refractivity contribution in [2.45, 2.75) is 26.7 Å². The van der Waals surface area contributed by atoms with Gasteiger partial charge in [-0.3, -0.25) is 4.79 Å². The van der Waals surface area contributed by atoms with Crippen LogP contribution in [0.25, 0.3) is 0 Å². The molecule has 1 aromatic rings. The number of aromatic nitrogens is 1. The molecule has 0 radical (unpaired) electrons. The molecule has 0 aromatic carbocycles. The van der Waals surface area contributed by atoms with Crippen LogP contribution in [0.2, 0.25) is 0 Å². The van der Waals surface area contributed by atoms with Crippen molar-refractivity contribution in [1.82, 2.24) is 15.2 Å². The van der Waals surface area contributed by atoms with Crippen molar-refractivity contribution >= 4 is 11.6 Å². The van der Waals surface area contributed by atoms with E-state index in [4.69, 9.17) is 0 Å². The van der Waals surface area contributed by atoms with Gasteiger partial charge in [0.25, 0.3) is 5.91 Å². The maximum absolute atomic E-state index is 12.0. The quantitative estimate of drug-likeness (QED) is 0.806. The van der Waals surface area contributed by atoms with Crippen molar-refractivity contribution in [2.24, 2.45) is 5.92 Å². The van der Waals surface area contributed by atoms with Crippen LogP contribution in [0.4, 0.5) is 5.69 Å². The van der Waals surface area contributed by atoms with Gasteiger partial charge in [-0.15, -0.1) is 0 Å². The lowest BCUT2D eigenvalue weighted by Crippen LogP contribution is -2.34. The molecule has 1 amide bonds. The zero-order valence-electron chi connectivity index (χ0n) is 13.1. The van der Waals surface area contributed by atoms with Crippen LogP contribution in [0.3, 0.4) is 0 Å². The molecule has 1 aliphatic heterocycles. The van der Waals surface area contributed by atoms with E-state index in [0.717, 1.165) is 18.8 Å². The standard InChI is InChI=1S/C16H26N4O/c1-3-17-14-6-7-15(18-11-14)16(21)19-10-13(2)12-20-8-4-5-9-20/h6-7,11,13,17H,3-5,8-10,12H2,1-2H3,(H,19,21). The van der Waals surface area contributed by atoms with Crippen molar-refractivity contribution in [3.63, 3.8) is 0 Å². The number of likely N-dealkylation sites (tertiary alicyclic amines) is 1. The molecule has 0 aliphatic carbocycles. The van der Waals surface area contributed by atoms with Gasteiger partial charge < -0.3 is 15.5 Å². The summed E-state index contributed by atoms with van der Waals surface area (Å²) in [5.74, 6) is 0.374. The molecule has 2 heterocycles. The molecule has 5 heteroatoms. The summed E-state index contributed by atoms with van der Waals surface area (Å²) in [5.41, 5.74) is 1.42. The summed E-state index contributed by atoms with van der Waals surface area (Å²) in [4.78, 5) is 18.7. The van der Waals surface area contributed by atoms with Crippen LogP contribution in [-0.4, -0.2) is 48.5 Å². The van der Waals surface area contributed by atoms with Crippen LogP contribution < -0.4 is 10.6 Å². The fraction of sp³-hybridized carbons (Fsp3) is 0.625. The number of rotatable bonds is 7. The first kappa shape index (κ1) is 15.8. The minimum atomic E-state index is -0.0914. The number of hydrogen-bond donors (Lipinski definition) is 2. The highest BCUT2D eigenvalue weighted by Crippen LogP contribution is 2.10. The van der Waals surface area contributed by atoms with Crippen molar-refractivity contribution in [3.8, 4) is 0 Å². The predicted molar refractivity (Wildman–Crippen MR) is 85.6 cm³/mol. The average Bonchev–Trinajstić information content (AvgIpc) is 2.99. The molecule has 1 unspecified atom stereocenters. The van der Waals surface area contributed by atoms with E-state index in [2.05, 4.69) is 27.4 Å². The van der Waals surface area contributed by atoms with E-state index in [1.165, 1.54) is 25.9 Å². The Morgan fingerprint density at radius 2 is 2.14 bits per heavy atom. The molecule has 116 valence electrons. The van der Waals surface area contributed by atoms with E-state index >= 15 is 0 Å². The van der Waals surface area contributed by atoms with Crippen LogP contribution in [-0.2, 0) is 0 Å². The zero-order chi connectivity index (χ0) is 15.1. The van der Waals surface area contributed by atoms with Gasteiger partial charge in [0, 0.05) is 19.6 Å². The highest BCUT2D eigenvalue weighted by Gasteiger charge is 2.15. The Labute approximate surface area is 127 Å². The largest absolute Gasteiger partial charge is 0.384 e. The second-order valence-electron chi connectivity index (χ2n) is 5.79. The summed E-state index contributed by atoms with van der Waals surface area (Å²) in [6.07, 6.45) is 4.31. The molecule has 0 saturated carbocycles. The van der Waals surface area contributed by atoms with Crippen LogP contribution in [0.5, 0.6) is 0 Å². The number of hydrogen-bond acceptors (Lipinski definition) is 4. The van der Waals surface area contributed by atoms with Gasteiger partial charge in [0.1, 0.15) is 5.69 Å². The molecular formula is C16H26N4O. The molecule has 1 fully saturated rings. The third-order valence-corrected chi connectivity index (χ3v) is 3.76. The first-order valence-corrected chi connectivity index (χ1v) is 7.89. The zero-order valence-corrected chi connectivity index (χ0v) is 13.1. The van der Waals surface area contributed by atoms with Gasteiger partial charge in [0.15, 0.2) is 0 Å². The summed E-state index contributed by atoms with van der Waals surface area (Å²) in [6.45, 7) is 9.22. The summed E-state index contributed by atoms with van der Waals surface area (Å²) in [5, 5.41) is 6.14. The Morgan fingerprint density at radius 3 is 2.76 bits per heavy atom. The van der Waals surface area contributed by atoms with E-state index in [0.29, 0.717) is 18.2 Å². The highest BCUT2D eigenvalue weighted by molar-refractivity contribution is 5.92. The summed E-state index contributed by atoms with van der Waals surface area (Å²) >= 11 is 0. The number of carbonyl (C=O) groups is 1. The molecule has 2 rings (SSSR count). The smallest absolute Gasteiger partial charge is 0.269 e. The van der Waals surface area contributed by atoms with Crippen molar-refractivity contribution in [2.75, 3.05) is 38.0 Å². The van der Waals surface area contributed by atoms with Gasteiger partial charge >= 0.3 is 0 Å². The molecule has 1 aliphatic rings. The monoisotopic (exact) mass is 290 g/mol. The molecule has 5 nitrogen and oxygen atoms in total. The first-order chi connectivity index (χ1) is 10.2. The second kappa shape index (κ2) is 7.98. The van der Waals surface area contributed by atoms with Crippen molar-refractivity contribution in [3.05, 3.63) is 24.0 Å². The average molecular weight is 290 g/mol. The first-order valence-electron chi connectivity index (χ1n) is 7.89. The van der Waals surface area contributed by atoms with Gasteiger partial charge in [-0.05, 0) is 50.9 Å². The van der Waals surface area contributed by atoms with Crippen molar-refractivity contribution in [1.29, 1.82) is 0 Å². The summed E-state index contributed by atoms with van der Waals surface area (Å²) in [6, 6.07) is 3.65. The SMILES string of the molecule is CCNc1ccc(C(=O)NCC(C)CN2CCCC2)nc1. The maximum atomic E-state index is 12.0. The molecule has 0 bridgehead atoms. The van der Waals surface area contributed by atoms with E-state index in [9.17, 15) is 4.79 Å². The van der Waals surface area contributed by atoms with Gasteiger partial charge in [-0.1, -0.05) is 6.92 Å². The second-order valence-corrected chi connectivity index (χ2v) is 5.79. The number of nitrogens with one attached hydrogen (secondary N) is 2. The highest BCUT2D eigenvalue weighted by atomic mass is 16.1. The Kier molecular flexibility index (Phi) is 5.99. The fourth-order valence-electron chi connectivity index (χ4n) is 2.66. The molecule has 0 spiro atoms. The van der Waals surface area contributed by atoms with E-state index < -0.39 is 0 Å². The van der Waals surface area contributed by atoms with E-state index in [-0.39, 0.29) is 5.91 Å². The van der Waals surface area contributed by atoms with Crippen LogP contribution in [0.1, 0.15) is 37.2 Å². The lowest BCUT2D eigenvalue weighted by atomic mass is 10.1. The Balaban J connectivity index is 1.75. The Morgan fingerprint density at radius 1 is 1.38 bits per heavy atom.